The molecular weight excluding hydrogens is 765 g/mol. The predicted octanol–water partition coefficient (Wildman–Crippen LogP) is 11.8. The van der Waals surface area contributed by atoms with Crippen LogP contribution in [0.3, 0.4) is 0 Å². The van der Waals surface area contributed by atoms with E-state index >= 15 is 0 Å². The van der Waals surface area contributed by atoms with E-state index in [0.29, 0.717) is 58.8 Å². The van der Waals surface area contributed by atoms with E-state index in [0.717, 1.165) is 64.2 Å². The first-order chi connectivity index (χ1) is 29.2. The second-order valence-electron chi connectivity index (χ2n) is 20.9. The molecule has 8 rings (SSSR count). The first-order valence-electron chi connectivity index (χ1n) is 24.2. The molecule has 4 fully saturated rings. The quantitative estimate of drug-likeness (QED) is 0.105. The van der Waals surface area contributed by atoms with Crippen molar-refractivity contribution in [3.05, 3.63) is 58.7 Å². The smallest absolute Gasteiger partial charge is 0.308 e. The van der Waals surface area contributed by atoms with Crippen molar-refractivity contribution < 1.29 is 38.1 Å². The highest BCUT2D eigenvalue weighted by Gasteiger charge is 2.59. The van der Waals surface area contributed by atoms with Gasteiger partial charge in [-0.2, -0.15) is 0 Å². The molecule has 2 aromatic carbocycles. The third-order valence-electron chi connectivity index (χ3n) is 17.4. The number of hydrogen-bond acceptors (Lipinski definition) is 8. The Balaban J connectivity index is 0.865. The number of ether oxygens (including phenoxy) is 4. The third-order valence-corrected chi connectivity index (χ3v) is 17.4. The zero-order valence-corrected chi connectivity index (χ0v) is 37.9. The number of fused-ring (bicyclic) bond motifs is 10. The molecule has 12 atom stereocenters. The van der Waals surface area contributed by atoms with Crippen LogP contribution in [0.1, 0.15) is 185 Å². The van der Waals surface area contributed by atoms with Gasteiger partial charge in [0.1, 0.15) is 23.7 Å². The summed E-state index contributed by atoms with van der Waals surface area (Å²) in [6.07, 6.45) is 21.9. The zero-order valence-electron chi connectivity index (χ0n) is 37.9. The van der Waals surface area contributed by atoms with Crippen LogP contribution in [0.15, 0.2) is 36.4 Å². The largest absolute Gasteiger partial charge is 0.462 e. The maximum atomic E-state index is 12.1. The molecule has 8 nitrogen and oxygen atoms in total. The van der Waals surface area contributed by atoms with E-state index in [1.54, 1.807) is 13.8 Å². The van der Waals surface area contributed by atoms with Gasteiger partial charge in [-0.3, -0.25) is 19.2 Å². The Morgan fingerprint density at radius 2 is 0.918 bits per heavy atom. The fourth-order valence-electron chi connectivity index (χ4n) is 14.9. The summed E-state index contributed by atoms with van der Waals surface area (Å²) in [5.41, 5.74) is 5.68. The first kappa shape index (κ1) is 43.9. The Hall–Kier alpha value is -3.68. The minimum atomic E-state index is -0.276. The summed E-state index contributed by atoms with van der Waals surface area (Å²) in [6, 6.07) is 12.7. The van der Waals surface area contributed by atoms with Gasteiger partial charge in [0.05, 0.1) is 0 Å². The second-order valence-corrected chi connectivity index (χ2v) is 20.9. The lowest BCUT2D eigenvalue weighted by Gasteiger charge is -2.53. The van der Waals surface area contributed by atoms with E-state index in [-0.39, 0.29) is 46.9 Å². The van der Waals surface area contributed by atoms with Crippen molar-refractivity contribution in [1.82, 2.24) is 0 Å². The molecule has 0 saturated heterocycles. The van der Waals surface area contributed by atoms with Crippen LogP contribution in [-0.2, 0) is 41.5 Å². The van der Waals surface area contributed by atoms with Gasteiger partial charge < -0.3 is 18.9 Å². The number of esters is 4. The van der Waals surface area contributed by atoms with Crippen LogP contribution >= 0.6 is 0 Å². The predicted molar refractivity (Wildman–Crippen MR) is 235 cm³/mol. The Labute approximate surface area is 365 Å². The number of carbonyl (C=O) groups is 4. The molecule has 61 heavy (non-hydrogen) atoms. The van der Waals surface area contributed by atoms with Gasteiger partial charge in [0.25, 0.3) is 0 Å². The van der Waals surface area contributed by atoms with Crippen LogP contribution in [-0.4, -0.2) is 36.1 Å². The Bertz CT molecular complexity index is 1820. The van der Waals surface area contributed by atoms with Crippen molar-refractivity contribution >= 4 is 23.9 Å². The molecule has 0 radical (unpaired) electrons. The molecule has 2 aromatic rings. The van der Waals surface area contributed by atoms with Crippen LogP contribution in [0, 0.1) is 46.3 Å². The summed E-state index contributed by atoms with van der Waals surface area (Å²) in [4.78, 5) is 47.9. The molecule has 6 aliphatic carbocycles. The van der Waals surface area contributed by atoms with Crippen molar-refractivity contribution in [2.45, 2.75) is 188 Å². The first-order valence-corrected chi connectivity index (χ1v) is 24.2. The fourth-order valence-corrected chi connectivity index (χ4v) is 14.9. The lowest BCUT2D eigenvalue weighted by molar-refractivity contribution is -0.156. The van der Waals surface area contributed by atoms with Crippen LogP contribution in [0.2, 0.25) is 0 Å². The van der Waals surface area contributed by atoms with E-state index in [1.807, 2.05) is 12.1 Å². The van der Waals surface area contributed by atoms with Gasteiger partial charge in [-0.05, 0) is 171 Å². The van der Waals surface area contributed by atoms with Gasteiger partial charge in [-0.25, -0.2) is 0 Å². The fraction of sp³-hybridized carbons (Fsp3) is 0.698. The highest BCUT2D eigenvalue weighted by Crippen LogP contribution is 2.65. The maximum absolute atomic E-state index is 12.1. The zero-order chi connectivity index (χ0) is 43.1. The molecule has 0 aliphatic heterocycles. The summed E-state index contributed by atoms with van der Waals surface area (Å²) in [6.45, 7) is 10.9. The summed E-state index contributed by atoms with van der Waals surface area (Å²) < 4.78 is 23.1. The topological polar surface area (TPSA) is 105 Å². The maximum Gasteiger partial charge on any atom is 0.308 e. The van der Waals surface area contributed by atoms with Gasteiger partial charge in [0.2, 0.25) is 0 Å². The van der Waals surface area contributed by atoms with Crippen molar-refractivity contribution in [3.63, 3.8) is 0 Å². The molecule has 0 bridgehead atoms. The molecule has 6 aliphatic rings. The molecule has 332 valence electrons. The van der Waals surface area contributed by atoms with Crippen molar-refractivity contribution in [3.8, 4) is 11.5 Å². The Morgan fingerprint density at radius 3 is 1.30 bits per heavy atom. The third kappa shape index (κ3) is 8.94. The summed E-state index contributed by atoms with van der Waals surface area (Å²) in [5.74, 6) is 4.89. The highest BCUT2D eigenvalue weighted by molar-refractivity contribution is 5.70. The van der Waals surface area contributed by atoms with E-state index in [9.17, 15) is 19.2 Å². The lowest BCUT2D eigenvalue weighted by Crippen LogP contribution is -2.48. The van der Waals surface area contributed by atoms with Gasteiger partial charge in [-0.1, -0.05) is 70.9 Å². The lowest BCUT2D eigenvalue weighted by atomic mass is 9.52. The van der Waals surface area contributed by atoms with Gasteiger partial charge in [0, 0.05) is 38.5 Å². The molecule has 0 N–H and O–H groups in total. The van der Waals surface area contributed by atoms with E-state index in [2.05, 4.69) is 38.1 Å². The van der Waals surface area contributed by atoms with Crippen molar-refractivity contribution in [2.75, 3.05) is 0 Å². The molecule has 4 saturated carbocycles. The average molecular weight is 837 g/mol. The number of rotatable bonds is 14. The van der Waals surface area contributed by atoms with Crippen LogP contribution < -0.4 is 9.47 Å². The normalized spacial score (nSPS) is 34.4. The molecule has 0 heterocycles. The monoisotopic (exact) mass is 837 g/mol. The van der Waals surface area contributed by atoms with E-state index < -0.39 is 0 Å². The molecule has 2 unspecified atom stereocenters. The van der Waals surface area contributed by atoms with Crippen LogP contribution in [0.4, 0.5) is 0 Å². The van der Waals surface area contributed by atoms with Gasteiger partial charge >= 0.3 is 23.9 Å². The minimum absolute atomic E-state index is 0.0187. The van der Waals surface area contributed by atoms with Crippen LogP contribution in [0.25, 0.3) is 0 Å². The number of unbranched alkanes of at least 4 members (excludes halogenated alkanes) is 6. The highest BCUT2D eigenvalue weighted by atomic mass is 16.6. The Morgan fingerprint density at radius 1 is 0.525 bits per heavy atom. The SMILES string of the molecule is CC(=O)Oc1ccc2c(c1)CC(CCCCCCCCCC1Cc3cc(OC(C)=O)ccc3[C@H]3CC[C@]4(C)[C@H](OC(C)=O)CC[C@H]4[C@H]13)[C@@H]1[C@@H]2CC[C@]2(C)[C@@H](OC(C)=O)CC[C@@H]12. The summed E-state index contributed by atoms with van der Waals surface area (Å²) in [5, 5.41) is 0. The molecular formula is C53H72O8. The van der Waals surface area contributed by atoms with Gasteiger partial charge in [0.15, 0.2) is 0 Å². The summed E-state index contributed by atoms with van der Waals surface area (Å²) in [7, 11) is 0. The van der Waals surface area contributed by atoms with Crippen LogP contribution in [0.5, 0.6) is 11.5 Å². The van der Waals surface area contributed by atoms with Gasteiger partial charge in [-0.15, -0.1) is 0 Å². The van der Waals surface area contributed by atoms with Crippen molar-refractivity contribution in [1.29, 1.82) is 0 Å². The van der Waals surface area contributed by atoms with E-state index in [1.165, 1.54) is 93.9 Å². The number of carbonyl (C=O) groups excluding carboxylic acids is 4. The number of benzene rings is 2. The molecule has 0 amide bonds. The van der Waals surface area contributed by atoms with E-state index in [4.69, 9.17) is 18.9 Å². The molecule has 0 aromatic heterocycles. The Kier molecular flexibility index (Phi) is 13.1. The minimum Gasteiger partial charge on any atom is -0.462 e. The standard InChI is InChI=1S/C53H72O8/c1-32(54)58-40-16-18-42-38(30-40)28-36(50-44(42)24-26-52(5)46(50)20-22-48(52)60-34(3)56)14-12-10-8-7-9-11-13-15-37-29-39-31-41(59-33(2)55)17-19-43(39)45-25-27-53(6)47(51(37)45)21-23-49(53)61-35(4)57/h16-19,30-31,36-37,44-51H,7-15,20-29H2,1-6H3/t36?,37?,44-,45-,46+,47+,48-,49+,50-,51-,52+,53+/m1/s1. The second kappa shape index (κ2) is 18.2. The summed E-state index contributed by atoms with van der Waals surface area (Å²) >= 11 is 0. The molecule has 0 spiro atoms. The average Bonchev–Trinajstić information content (AvgIpc) is 3.70. The number of hydrogen-bond donors (Lipinski definition) is 0. The molecule has 8 heteroatoms. The van der Waals surface area contributed by atoms with Crippen molar-refractivity contribution in [2.24, 2.45) is 46.3 Å².